The number of carbonyl (C=O) groups is 1. The lowest BCUT2D eigenvalue weighted by molar-refractivity contribution is -0.128. The molecule has 0 aliphatic heterocycles. The molecule has 3 aromatic rings. The van der Waals surface area contributed by atoms with Crippen molar-refractivity contribution in [3.05, 3.63) is 103 Å². The number of aldehydes is 1. The molecule has 7 atom stereocenters. The van der Waals surface area contributed by atoms with Crippen LogP contribution in [0.3, 0.4) is 0 Å². The zero-order chi connectivity index (χ0) is 28.1. The van der Waals surface area contributed by atoms with Crippen LogP contribution in [0.15, 0.2) is 103 Å². The Morgan fingerprint density at radius 3 is 1.90 bits per heavy atom. The Bertz CT molecular complexity index is 1310. The molecule has 1 N–H and O–H groups in total. The molecule has 3 aromatic carbocycles. The van der Waals surface area contributed by atoms with Gasteiger partial charge in [-0.1, -0.05) is 110 Å². The largest absolute Gasteiger partial charge is 0.398 e. The third-order valence-corrected chi connectivity index (χ3v) is 15.8. The van der Waals surface area contributed by atoms with Gasteiger partial charge in [0, 0.05) is 0 Å². The number of allylic oxidation sites excluding steroid dienone is 1. The maximum atomic E-state index is 13.1. The molecule has 4 heteroatoms. The number of aliphatic hydroxyl groups is 1. The fraction of sp³-hybridized carbons (Fsp3) is 0.432. The Kier molecular flexibility index (Phi) is 6.92. The van der Waals surface area contributed by atoms with E-state index in [4.69, 9.17) is 4.43 Å². The second-order valence-corrected chi connectivity index (χ2v) is 16.7. The SMILES string of the molecule is C[C@]12CC[C@H]3[C@@H](CCC4=C[C@@H](O[Si](c5ccccc5)(c5ccccc5)c5ccccc5)CC[C@@]43C=O)[C@@H]1CC[C@@H]2O. The molecule has 212 valence electrons. The fourth-order valence-corrected chi connectivity index (χ4v) is 13.7. The van der Waals surface area contributed by atoms with Crippen LogP contribution in [0.25, 0.3) is 0 Å². The Hall–Kier alpha value is -2.79. The monoisotopic (exact) mass is 562 g/mol. The standard InChI is InChI=1S/C37H42O3Si/c1-36-23-22-34-32(33(36)19-20-35(36)39)18-17-27-25-28(21-24-37(27,34)26-38)40-41(29-11-5-2-6-12-29,30-13-7-3-8-14-30)31-15-9-4-10-16-31/h2-16,25-26,28,32-35,39H,17-24H2,1H3/t28-,32-,33-,34-,35-,36-,37+/m0/s1. The number of fused-ring (bicyclic) bond motifs is 5. The summed E-state index contributed by atoms with van der Waals surface area (Å²) in [5, 5.41) is 14.6. The highest BCUT2D eigenvalue weighted by atomic mass is 28.4. The molecule has 0 spiro atoms. The number of carbonyl (C=O) groups excluding carboxylic acids is 1. The van der Waals surface area contributed by atoms with Gasteiger partial charge < -0.3 is 14.3 Å². The molecule has 4 aliphatic rings. The summed E-state index contributed by atoms with van der Waals surface area (Å²) in [6.07, 6.45) is 11.4. The van der Waals surface area contributed by atoms with Gasteiger partial charge in [-0.2, -0.15) is 0 Å². The van der Waals surface area contributed by atoms with E-state index < -0.39 is 8.32 Å². The number of aliphatic hydroxyl groups excluding tert-OH is 1. The van der Waals surface area contributed by atoms with Crippen LogP contribution in [0.2, 0.25) is 0 Å². The topological polar surface area (TPSA) is 46.5 Å². The van der Waals surface area contributed by atoms with E-state index in [0.717, 1.165) is 51.4 Å². The van der Waals surface area contributed by atoms with E-state index in [1.54, 1.807) is 0 Å². The summed E-state index contributed by atoms with van der Waals surface area (Å²) < 4.78 is 7.52. The molecule has 3 saturated carbocycles. The molecule has 0 amide bonds. The van der Waals surface area contributed by atoms with Crippen LogP contribution in [0.5, 0.6) is 0 Å². The zero-order valence-electron chi connectivity index (χ0n) is 24.1. The molecule has 7 rings (SSSR count). The highest BCUT2D eigenvalue weighted by molar-refractivity contribution is 7.07. The van der Waals surface area contributed by atoms with Crippen molar-refractivity contribution in [3.63, 3.8) is 0 Å². The van der Waals surface area contributed by atoms with Gasteiger partial charge in [-0.15, -0.1) is 0 Å². The average molecular weight is 563 g/mol. The van der Waals surface area contributed by atoms with E-state index in [-0.39, 0.29) is 23.0 Å². The predicted octanol–water partition coefficient (Wildman–Crippen LogP) is 5.54. The third kappa shape index (κ3) is 4.17. The number of rotatable bonds is 6. The van der Waals surface area contributed by atoms with Gasteiger partial charge in [0.25, 0.3) is 8.32 Å². The molecule has 0 aromatic heterocycles. The van der Waals surface area contributed by atoms with Crippen molar-refractivity contribution in [2.45, 2.75) is 70.5 Å². The molecule has 3 nitrogen and oxygen atoms in total. The number of hydrogen-bond acceptors (Lipinski definition) is 3. The van der Waals surface area contributed by atoms with Gasteiger partial charge in [0.2, 0.25) is 0 Å². The van der Waals surface area contributed by atoms with Crippen molar-refractivity contribution in [2.24, 2.45) is 28.6 Å². The first-order valence-electron chi connectivity index (χ1n) is 15.7. The van der Waals surface area contributed by atoms with E-state index >= 15 is 0 Å². The molecular weight excluding hydrogens is 520 g/mol. The van der Waals surface area contributed by atoms with Gasteiger partial charge in [0.05, 0.1) is 17.6 Å². The van der Waals surface area contributed by atoms with Crippen LogP contribution in [0, 0.1) is 28.6 Å². The summed E-state index contributed by atoms with van der Waals surface area (Å²) in [6, 6.07) is 32.4. The molecule has 0 heterocycles. The second-order valence-electron chi connectivity index (χ2n) is 13.4. The zero-order valence-corrected chi connectivity index (χ0v) is 25.1. The number of benzene rings is 3. The van der Waals surface area contributed by atoms with Gasteiger partial charge >= 0.3 is 0 Å². The molecule has 4 aliphatic carbocycles. The van der Waals surface area contributed by atoms with E-state index in [9.17, 15) is 9.90 Å². The van der Waals surface area contributed by atoms with E-state index in [0.29, 0.717) is 17.8 Å². The summed E-state index contributed by atoms with van der Waals surface area (Å²) in [7, 11) is -2.83. The van der Waals surface area contributed by atoms with Gasteiger partial charge in [-0.25, -0.2) is 0 Å². The predicted molar refractivity (Wildman–Crippen MR) is 167 cm³/mol. The first-order chi connectivity index (χ1) is 20.0. The van der Waals surface area contributed by atoms with E-state index in [2.05, 4.69) is 104 Å². The smallest absolute Gasteiger partial charge is 0.288 e. The van der Waals surface area contributed by atoms with Crippen molar-refractivity contribution < 1.29 is 14.3 Å². The van der Waals surface area contributed by atoms with Crippen molar-refractivity contribution in [3.8, 4) is 0 Å². The lowest BCUT2D eigenvalue weighted by Gasteiger charge is -2.57. The van der Waals surface area contributed by atoms with Crippen LogP contribution in [-0.2, 0) is 9.22 Å². The van der Waals surface area contributed by atoms with E-state index in [1.807, 2.05) is 0 Å². The van der Waals surface area contributed by atoms with Crippen molar-refractivity contribution in [1.82, 2.24) is 0 Å². The average Bonchev–Trinajstić information content (AvgIpc) is 3.34. The highest BCUT2D eigenvalue weighted by Crippen LogP contribution is 2.65. The maximum absolute atomic E-state index is 13.1. The van der Waals surface area contributed by atoms with Crippen LogP contribution in [-0.4, -0.2) is 31.9 Å². The molecular formula is C37H42O3Si. The minimum atomic E-state index is -2.83. The summed E-state index contributed by atoms with van der Waals surface area (Å²) >= 11 is 0. The Morgan fingerprint density at radius 1 is 0.756 bits per heavy atom. The maximum Gasteiger partial charge on any atom is 0.288 e. The molecule has 0 unspecified atom stereocenters. The Labute approximate surface area is 245 Å². The van der Waals surface area contributed by atoms with Crippen LogP contribution >= 0.6 is 0 Å². The summed E-state index contributed by atoms with van der Waals surface area (Å²) in [6.45, 7) is 2.32. The van der Waals surface area contributed by atoms with Crippen LogP contribution in [0.1, 0.15) is 58.3 Å². The first-order valence-corrected chi connectivity index (χ1v) is 17.6. The lowest BCUT2D eigenvalue weighted by Crippen LogP contribution is -2.70. The van der Waals surface area contributed by atoms with Crippen molar-refractivity contribution in [2.75, 3.05) is 0 Å². The Morgan fingerprint density at radius 2 is 1.34 bits per heavy atom. The molecule has 0 radical (unpaired) electrons. The van der Waals surface area contributed by atoms with Gasteiger partial charge in [-0.3, -0.25) is 0 Å². The minimum Gasteiger partial charge on any atom is -0.398 e. The third-order valence-electron chi connectivity index (χ3n) is 11.7. The molecule has 3 fully saturated rings. The quantitative estimate of drug-likeness (QED) is 0.186. The van der Waals surface area contributed by atoms with E-state index in [1.165, 1.54) is 27.4 Å². The fourth-order valence-electron chi connectivity index (χ4n) is 9.63. The minimum absolute atomic E-state index is 0.0268. The normalized spacial score (nSPS) is 34.6. The van der Waals surface area contributed by atoms with Gasteiger partial charge in [-0.05, 0) is 90.1 Å². The van der Waals surface area contributed by atoms with Crippen molar-refractivity contribution >= 4 is 30.2 Å². The summed E-state index contributed by atoms with van der Waals surface area (Å²) in [4.78, 5) is 13.1. The molecule has 0 saturated heterocycles. The summed E-state index contributed by atoms with van der Waals surface area (Å²) in [5.41, 5.74) is 0.983. The number of hydrogen-bond donors (Lipinski definition) is 1. The van der Waals surface area contributed by atoms with Gasteiger partial charge in [0.1, 0.15) is 6.29 Å². The lowest BCUT2D eigenvalue weighted by atomic mass is 9.47. The Balaban J connectivity index is 1.28. The summed E-state index contributed by atoms with van der Waals surface area (Å²) in [5.74, 6) is 1.47. The van der Waals surface area contributed by atoms with Crippen LogP contribution in [0.4, 0.5) is 0 Å². The van der Waals surface area contributed by atoms with Crippen LogP contribution < -0.4 is 15.6 Å². The highest BCUT2D eigenvalue weighted by Gasteiger charge is 2.60. The molecule has 41 heavy (non-hydrogen) atoms. The van der Waals surface area contributed by atoms with Crippen molar-refractivity contribution in [1.29, 1.82) is 0 Å². The first kappa shape index (κ1) is 27.1. The molecule has 0 bridgehead atoms. The second kappa shape index (κ2) is 10.5. The van der Waals surface area contributed by atoms with Gasteiger partial charge in [0.15, 0.2) is 0 Å².